The lowest BCUT2D eigenvalue weighted by molar-refractivity contribution is 0.0950. The van der Waals surface area contributed by atoms with Crippen LogP contribution < -0.4 is 10.6 Å². The van der Waals surface area contributed by atoms with Crippen LogP contribution in [-0.4, -0.2) is 26.4 Å². The van der Waals surface area contributed by atoms with Crippen LogP contribution in [0.5, 0.6) is 0 Å². The predicted molar refractivity (Wildman–Crippen MR) is 112 cm³/mol. The van der Waals surface area contributed by atoms with Crippen molar-refractivity contribution >= 4 is 41.3 Å². The average Bonchev–Trinajstić information content (AvgIpc) is 3.07. The molecule has 0 spiro atoms. The largest absolute Gasteiger partial charge is 0.355 e. The summed E-state index contributed by atoms with van der Waals surface area (Å²) in [6.45, 7) is 2.83. The topological polar surface area (TPSA) is 74.7 Å². The summed E-state index contributed by atoms with van der Waals surface area (Å²) in [5, 5.41) is 12.8. The minimum absolute atomic E-state index is 0.230. The molecule has 1 aromatic heterocycles. The Morgan fingerprint density at radius 1 is 1.24 bits per heavy atom. The van der Waals surface area contributed by atoms with Gasteiger partial charge < -0.3 is 15.2 Å². The number of halogens is 2. The van der Waals surface area contributed by atoms with Gasteiger partial charge in [-0.1, -0.05) is 23.9 Å². The molecule has 0 fully saturated rings. The lowest BCUT2D eigenvalue weighted by atomic mass is 10.1. The van der Waals surface area contributed by atoms with Gasteiger partial charge in [0, 0.05) is 17.1 Å². The molecule has 0 aliphatic carbocycles. The van der Waals surface area contributed by atoms with Crippen molar-refractivity contribution in [3.8, 4) is 0 Å². The number of hydrogen-bond donors (Lipinski definition) is 3. The molecule has 3 rings (SSSR count). The van der Waals surface area contributed by atoms with E-state index in [2.05, 4.69) is 20.8 Å². The van der Waals surface area contributed by atoms with Crippen LogP contribution in [0.3, 0.4) is 0 Å². The van der Waals surface area contributed by atoms with E-state index in [1.165, 1.54) is 0 Å². The van der Waals surface area contributed by atoms with Crippen molar-refractivity contribution in [2.75, 3.05) is 5.32 Å². The fourth-order valence-electron chi connectivity index (χ4n) is 2.73. The summed E-state index contributed by atoms with van der Waals surface area (Å²) < 4.78 is 27.2. The molecule has 10 heteroatoms. The summed E-state index contributed by atoms with van der Waals surface area (Å²) in [6.07, 6.45) is 0. The standard InChI is InChI=1S/C19H19F2N5OS2/c1-2-26-16(24-25-19(26)28)11-22-17(27)14-5-3-4-6-15(14)23-12-7-9-13(10-8-12)29-18(20)21/h3-10,18,23H,2,11H2,1H3,(H,22,27)(H,25,28). The van der Waals surface area contributed by atoms with E-state index in [9.17, 15) is 13.6 Å². The quantitative estimate of drug-likeness (QED) is 0.345. The maximum Gasteiger partial charge on any atom is 0.288 e. The zero-order chi connectivity index (χ0) is 20.8. The maximum absolute atomic E-state index is 12.7. The highest BCUT2D eigenvalue weighted by Crippen LogP contribution is 2.27. The second-order valence-electron chi connectivity index (χ2n) is 5.95. The Morgan fingerprint density at radius 2 is 1.97 bits per heavy atom. The third kappa shape index (κ3) is 5.42. The number of alkyl halides is 2. The summed E-state index contributed by atoms with van der Waals surface area (Å²) in [5.41, 5.74) is 1.75. The molecule has 0 radical (unpaired) electrons. The average molecular weight is 436 g/mol. The molecule has 2 aromatic carbocycles. The first kappa shape index (κ1) is 21.0. The number of carbonyl (C=O) groups excluding carboxylic acids is 1. The van der Waals surface area contributed by atoms with Crippen molar-refractivity contribution in [1.29, 1.82) is 0 Å². The Balaban J connectivity index is 1.71. The number of H-pyrrole nitrogens is 1. The van der Waals surface area contributed by atoms with E-state index in [0.717, 1.165) is 0 Å². The third-order valence-electron chi connectivity index (χ3n) is 4.09. The summed E-state index contributed by atoms with van der Waals surface area (Å²) in [7, 11) is 0. The maximum atomic E-state index is 12.7. The van der Waals surface area contributed by atoms with Gasteiger partial charge in [0.25, 0.3) is 11.7 Å². The van der Waals surface area contributed by atoms with E-state index >= 15 is 0 Å². The molecule has 0 saturated carbocycles. The fourth-order valence-corrected chi connectivity index (χ4v) is 3.51. The molecule has 0 aliphatic heterocycles. The number of rotatable bonds is 8. The number of aromatic nitrogens is 3. The first-order valence-corrected chi connectivity index (χ1v) is 10.1. The van der Waals surface area contributed by atoms with Gasteiger partial charge in [-0.15, -0.1) is 0 Å². The van der Waals surface area contributed by atoms with Crippen molar-refractivity contribution in [2.45, 2.75) is 30.7 Å². The number of anilines is 2. The van der Waals surface area contributed by atoms with Crippen molar-refractivity contribution < 1.29 is 13.6 Å². The highest BCUT2D eigenvalue weighted by atomic mass is 32.2. The van der Waals surface area contributed by atoms with Gasteiger partial charge in [0.1, 0.15) is 0 Å². The number of para-hydroxylation sites is 1. The monoisotopic (exact) mass is 435 g/mol. The van der Waals surface area contributed by atoms with Gasteiger partial charge >= 0.3 is 0 Å². The van der Waals surface area contributed by atoms with Gasteiger partial charge in [-0.05, 0) is 55.5 Å². The van der Waals surface area contributed by atoms with E-state index in [4.69, 9.17) is 12.2 Å². The Morgan fingerprint density at radius 3 is 2.66 bits per heavy atom. The van der Waals surface area contributed by atoms with E-state index in [-0.39, 0.29) is 12.5 Å². The second kappa shape index (κ2) is 9.66. The normalized spacial score (nSPS) is 10.9. The highest BCUT2D eigenvalue weighted by molar-refractivity contribution is 7.99. The molecule has 0 saturated heterocycles. The molecule has 1 heterocycles. The Labute approximate surface area is 175 Å². The zero-order valence-electron chi connectivity index (χ0n) is 15.5. The molecule has 3 aromatic rings. The molecule has 1 amide bonds. The van der Waals surface area contributed by atoms with Crippen LogP contribution in [0.4, 0.5) is 20.2 Å². The van der Waals surface area contributed by atoms with Crippen LogP contribution in [0, 0.1) is 4.77 Å². The fraction of sp³-hybridized carbons (Fsp3) is 0.211. The molecule has 6 nitrogen and oxygen atoms in total. The zero-order valence-corrected chi connectivity index (χ0v) is 17.1. The van der Waals surface area contributed by atoms with E-state index in [1.807, 2.05) is 13.0 Å². The van der Waals surface area contributed by atoms with Crippen molar-refractivity contribution in [3.63, 3.8) is 0 Å². The van der Waals surface area contributed by atoms with Crippen LogP contribution in [-0.2, 0) is 13.1 Å². The number of hydrogen-bond acceptors (Lipinski definition) is 5. The van der Waals surface area contributed by atoms with Crippen molar-refractivity contribution in [2.24, 2.45) is 0 Å². The second-order valence-corrected chi connectivity index (χ2v) is 7.40. The minimum Gasteiger partial charge on any atom is -0.355 e. The van der Waals surface area contributed by atoms with Crippen LogP contribution >= 0.6 is 24.0 Å². The van der Waals surface area contributed by atoms with Crippen LogP contribution in [0.25, 0.3) is 0 Å². The number of amides is 1. The SMILES string of the molecule is CCn1c(CNC(=O)c2ccccc2Nc2ccc(SC(F)F)cc2)n[nH]c1=S. The Kier molecular flexibility index (Phi) is 6.99. The Bertz CT molecular complexity index is 1030. The van der Waals surface area contributed by atoms with Gasteiger partial charge in [0.15, 0.2) is 10.6 Å². The number of nitrogens with one attached hydrogen (secondary N) is 3. The first-order chi connectivity index (χ1) is 14.0. The summed E-state index contributed by atoms with van der Waals surface area (Å²) in [6, 6.07) is 13.7. The lowest BCUT2D eigenvalue weighted by Gasteiger charge is -2.13. The van der Waals surface area contributed by atoms with E-state index in [0.29, 0.717) is 50.7 Å². The van der Waals surface area contributed by atoms with Gasteiger partial charge in [-0.3, -0.25) is 9.89 Å². The molecule has 0 aliphatic rings. The summed E-state index contributed by atoms with van der Waals surface area (Å²) in [5.74, 6) is -2.09. The molecule has 152 valence electrons. The van der Waals surface area contributed by atoms with Crippen LogP contribution in [0.15, 0.2) is 53.4 Å². The molecule has 0 atom stereocenters. The third-order valence-corrected chi connectivity index (χ3v) is 5.12. The first-order valence-electron chi connectivity index (χ1n) is 8.81. The molecular formula is C19H19F2N5OS2. The number of nitrogens with zero attached hydrogens (tertiary/aromatic N) is 2. The van der Waals surface area contributed by atoms with Gasteiger partial charge in [-0.25, -0.2) is 0 Å². The molecule has 0 bridgehead atoms. The van der Waals surface area contributed by atoms with Gasteiger partial charge in [0.2, 0.25) is 0 Å². The number of carbonyl (C=O) groups is 1. The smallest absolute Gasteiger partial charge is 0.288 e. The number of thioether (sulfide) groups is 1. The van der Waals surface area contributed by atoms with Crippen LogP contribution in [0.1, 0.15) is 23.1 Å². The summed E-state index contributed by atoms with van der Waals surface area (Å²) in [4.78, 5) is 13.2. The molecular weight excluding hydrogens is 416 g/mol. The van der Waals surface area contributed by atoms with Crippen molar-refractivity contribution in [3.05, 3.63) is 64.7 Å². The minimum atomic E-state index is -2.46. The van der Waals surface area contributed by atoms with Crippen molar-refractivity contribution in [1.82, 2.24) is 20.1 Å². The van der Waals surface area contributed by atoms with Gasteiger partial charge in [0.05, 0.1) is 17.8 Å². The highest BCUT2D eigenvalue weighted by Gasteiger charge is 2.13. The van der Waals surface area contributed by atoms with E-state index in [1.54, 1.807) is 47.0 Å². The summed E-state index contributed by atoms with van der Waals surface area (Å²) >= 11 is 5.64. The predicted octanol–water partition coefficient (Wildman–Crippen LogP) is 4.95. The Hall–Kier alpha value is -2.72. The molecule has 29 heavy (non-hydrogen) atoms. The van der Waals surface area contributed by atoms with Gasteiger partial charge in [-0.2, -0.15) is 13.9 Å². The lowest BCUT2D eigenvalue weighted by Crippen LogP contribution is -2.25. The van der Waals surface area contributed by atoms with Crippen LogP contribution in [0.2, 0.25) is 0 Å². The number of benzene rings is 2. The van der Waals surface area contributed by atoms with E-state index < -0.39 is 5.76 Å². The molecule has 3 N–H and O–H groups in total. The number of aromatic amines is 1. The molecule has 0 unspecified atom stereocenters.